The zero-order valence-corrected chi connectivity index (χ0v) is 11.1. The molecule has 3 heteroatoms. The molecule has 0 unspecified atom stereocenters. The first-order chi connectivity index (χ1) is 7.69. The Labute approximate surface area is 105 Å². The van der Waals surface area contributed by atoms with Crippen molar-refractivity contribution in [1.29, 1.82) is 0 Å². The van der Waals surface area contributed by atoms with E-state index < -0.39 is 6.69 Å². The van der Waals surface area contributed by atoms with Crippen LogP contribution in [0.1, 0.15) is 11.1 Å². The summed E-state index contributed by atoms with van der Waals surface area (Å²) in [5, 5.41) is 2.30. The van der Waals surface area contributed by atoms with Gasteiger partial charge in [-0.2, -0.15) is 0 Å². The average molecular weight is 265 g/mol. The van der Waals surface area contributed by atoms with Crippen LogP contribution >= 0.6 is 22.2 Å². The maximum Gasteiger partial charge on any atom is 0.311 e. The van der Waals surface area contributed by atoms with Crippen molar-refractivity contribution in [3.05, 3.63) is 59.7 Å². The summed E-state index contributed by atoms with van der Waals surface area (Å²) in [6, 6.07) is 16.5. The molecule has 2 aromatic rings. The molecule has 1 aliphatic heterocycles. The molecule has 0 bridgehead atoms. The maximum atomic E-state index is 6.64. The Balaban J connectivity index is 2.28. The second kappa shape index (κ2) is 3.62. The van der Waals surface area contributed by atoms with Gasteiger partial charge in [-0.15, -0.1) is 22.2 Å². The predicted molar refractivity (Wildman–Crippen MR) is 72.4 cm³/mol. The minimum atomic E-state index is -2.49. The van der Waals surface area contributed by atoms with Gasteiger partial charge in [-0.3, -0.25) is 0 Å². The molecule has 0 N–H and O–H groups in total. The molecular formula is C13H10Cl2Si. The van der Waals surface area contributed by atoms with E-state index in [1.807, 2.05) is 24.3 Å². The molecule has 0 radical (unpaired) electrons. The van der Waals surface area contributed by atoms with E-state index in [0.717, 1.165) is 16.8 Å². The SMILES string of the molecule is Cl[Si]1(Cl)c2ccccc2Cc2ccccc21. The standard InChI is InChI=1S/C13H10Cl2Si/c14-16(15)12-7-3-1-5-10(12)9-11-6-2-4-8-13(11)16/h1-8H,9H2. The Bertz CT molecular complexity index is 502. The molecule has 0 atom stereocenters. The number of hydrogen-bond donors (Lipinski definition) is 0. The van der Waals surface area contributed by atoms with Gasteiger partial charge in [0.25, 0.3) is 0 Å². The fourth-order valence-corrected chi connectivity index (χ4v) is 6.58. The van der Waals surface area contributed by atoms with Crippen molar-refractivity contribution in [2.45, 2.75) is 6.42 Å². The Morgan fingerprint density at radius 2 is 1.19 bits per heavy atom. The van der Waals surface area contributed by atoms with Crippen LogP contribution < -0.4 is 10.4 Å². The Morgan fingerprint density at radius 3 is 1.69 bits per heavy atom. The van der Waals surface area contributed by atoms with Crippen molar-refractivity contribution in [3.63, 3.8) is 0 Å². The van der Waals surface area contributed by atoms with Gasteiger partial charge in [-0.1, -0.05) is 48.5 Å². The molecule has 0 saturated carbocycles. The number of benzene rings is 2. The molecule has 0 spiro atoms. The van der Waals surface area contributed by atoms with Gasteiger partial charge in [0.05, 0.1) is 0 Å². The molecule has 0 fully saturated rings. The molecule has 0 saturated heterocycles. The van der Waals surface area contributed by atoms with Crippen LogP contribution in [0.3, 0.4) is 0 Å². The van der Waals surface area contributed by atoms with Crippen LogP contribution in [0.2, 0.25) is 0 Å². The number of halogens is 2. The van der Waals surface area contributed by atoms with Crippen molar-refractivity contribution in [3.8, 4) is 0 Å². The lowest BCUT2D eigenvalue weighted by Gasteiger charge is -2.28. The van der Waals surface area contributed by atoms with E-state index in [2.05, 4.69) is 24.3 Å². The Hall–Kier alpha value is -0.763. The molecule has 0 nitrogen and oxygen atoms in total. The highest BCUT2D eigenvalue weighted by Crippen LogP contribution is 2.25. The quantitative estimate of drug-likeness (QED) is 0.507. The second-order valence-electron chi connectivity index (χ2n) is 4.07. The minimum Gasteiger partial charge on any atom is -0.134 e. The lowest BCUT2D eigenvalue weighted by Crippen LogP contribution is -2.54. The van der Waals surface area contributed by atoms with E-state index in [1.54, 1.807) is 0 Å². The first-order valence-electron chi connectivity index (χ1n) is 5.24. The molecule has 16 heavy (non-hydrogen) atoms. The summed E-state index contributed by atoms with van der Waals surface area (Å²) in [5.74, 6) is 0. The summed E-state index contributed by atoms with van der Waals surface area (Å²) in [5.41, 5.74) is 2.55. The molecular weight excluding hydrogens is 255 g/mol. The van der Waals surface area contributed by atoms with E-state index in [0.29, 0.717) is 0 Å². The fourth-order valence-electron chi connectivity index (χ4n) is 2.31. The molecule has 0 amide bonds. The van der Waals surface area contributed by atoms with E-state index in [9.17, 15) is 0 Å². The normalized spacial score (nSPS) is 16.4. The summed E-state index contributed by atoms with van der Waals surface area (Å²) >= 11 is 13.3. The van der Waals surface area contributed by atoms with Crippen LogP contribution in [0.5, 0.6) is 0 Å². The highest BCUT2D eigenvalue weighted by Gasteiger charge is 2.40. The lowest BCUT2D eigenvalue weighted by atomic mass is 10.0. The van der Waals surface area contributed by atoms with Crippen LogP contribution in [0.25, 0.3) is 0 Å². The van der Waals surface area contributed by atoms with E-state index in [-0.39, 0.29) is 0 Å². The van der Waals surface area contributed by atoms with Gasteiger partial charge in [-0.05, 0) is 27.9 Å². The van der Waals surface area contributed by atoms with Crippen LogP contribution in [0, 0.1) is 0 Å². The van der Waals surface area contributed by atoms with Gasteiger partial charge in [0.15, 0.2) is 0 Å². The summed E-state index contributed by atoms with van der Waals surface area (Å²) in [6.45, 7) is -2.49. The van der Waals surface area contributed by atoms with E-state index >= 15 is 0 Å². The molecule has 1 heterocycles. The maximum absolute atomic E-state index is 6.64. The summed E-state index contributed by atoms with van der Waals surface area (Å²) in [6.07, 6.45) is 0.945. The topological polar surface area (TPSA) is 0 Å². The van der Waals surface area contributed by atoms with Gasteiger partial charge in [0.1, 0.15) is 0 Å². The van der Waals surface area contributed by atoms with Crippen molar-refractivity contribution in [2.24, 2.45) is 0 Å². The van der Waals surface area contributed by atoms with Crippen molar-refractivity contribution in [1.82, 2.24) is 0 Å². The lowest BCUT2D eigenvalue weighted by molar-refractivity contribution is 1.21. The number of hydrogen-bond acceptors (Lipinski definition) is 0. The smallest absolute Gasteiger partial charge is 0.134 e. The van der Waals surface area contributed by atoms with Crippen molar-refractivity contribution in [2.75, 3.05) is 0 Å². The van der Waals surface area contributed by atoms with Crippen LogP contribution in [-0.2, 0) is 6.42 Å². The molecule has 0 aliphatic carbocycles. The highest BCUT2D eigenvalue weighted by molar-refractivity contribution is 7.56. The van der Waals surface area contributed by atoms with Gasteiger partial charge < -0.3 is 0 Å². The van der Waals surface area contributed by atoms with Crippen molar-refractivity contribution >= 4 is 39.2 Å². The molecule has 2 aromatic carbocycles. The van der Waals surface area contributed by atoms with E-state index in [1.165, 1.54) is 11.1 Å². The Kier molecular flexibility index (Phi) is 2.35. The summed E-state index contributed by atoms with van der Waals surface area (Å²) < 4.78 is 0. The fraction of sp³-hybridized carbons (Fsp3) is 0.0769. The van der Waals surface area contributed by atoms with Gasteiger partial charge >= 0.3 is 6.69 Å². The molecule has 80 valence electrons. The number of fused-ring (bicyclic) bond motifs is 2. The third-order valence-electron chi connectivity index (χ3n) is 3.09. The first kappa shape index (κ1) is 10.4. The minimum absolute atomic E-state index is 0.945. The van der Waals surface area contributed by atoms with Crippen LogP contribution in [0.4, 0.5) is 0 Å². The third-order valence-corrected chi connectivity index (χ3v) is 7.86. The van der Waals surface area contributed by atoms with Crippen LogP contribution in [0.15, 0.2) is 48.5 Å². The number of rotatable bonds is 0. The second-order valence-corrected chi connectivity index (χ2v) is 10.3. The largest absolute Gasteiger partial charge is 0.311 e. The summed E-state index contributed by atoms with van der Waals surface area (Å²) in [4.78, 5) is 0. The van der Waals surface area contributed by atoms with Gasteiger partial charge in [0.2, 0.25) is 0 Å². The molecule has 1 aliphatic rings. The third kappa shape index (κ3) is 1.43. The molecule has 3 rings (SSSR count). The van der Waals surface area contributed by atoms with Gasteiger partial charge in [-0.25, -0.2) is 0 Å². The average Bonchev–Trinajstić information content (AvgIpc) is 2.29. The zero-order chi connectivity index (χ0) is 11.2. The predicted octanol–water partition coefficient (Wildman–Crippen LogP) is 2.62. The summed E-state index contributed by atoms with van der Waals surface area (Å²) in [7, 11) is 0. The highest BCUT2D eigenvalue weighted by atomic mass is 35.7. The van der Waals surface area contributed by atoms with Gasteiger partial charge in [0, 0.05) is 0 Å². The van der Waals surface area contributed by atoms with E-state index in [4.69, 9.17) is 22.2 Å². The van der Waals surface area contributed by atoms with Crippen LogP contribution in [-0.4, -0.2) is 6.69 Å². The van der Waals surface area contributed by atoms with Crippen molar-refractivity contribution < 1.29 is 0 Å². The first-order valence-corrected chi connectivity index (χ1v) is 9.26. The Morgan fingerprint density at radius 1 is 0.750 bits per heavy atom. The monoisotopic (exact) mass is 264 g/mol. The molecule has 0 aromatic heterocycles. The zero-order valence-electron chi connectivity index (χ0n) is 8.58.